The molecular weight excluding hydrogens is 323 g/mol. The van der Waals surface area contributed by atoms with Crippen LogP contribution in [0.25, 0.3) is 17.3 Å². The van der Waals surface area contributed by atoms with Crippen molar-refractivity contribution in [2.24, 2.45) is 0 Å². The Labute approximate surface area is 142 Å². The van der Waals surface area contributed by atoms with E-state index in [-0.39, 0.29) is 0 Å². The first-order valence-electron chi connectivity index (χ1n) is 7.67. The number of benzene rings is 1. The van der Waals surface area contributed by atoms with Crippen LogP contribution in [0.5, 0.6) is 5.75 Å². The van der Waals surface area contributed by atoms with Gasteiger partial charge in [0, 0.05) is 12.4 Å². The van der Waals surface area contributed by atoms with Crippen molar-refractivity contribution in [3.8, 4) is 17.3 Å². The predicted octanol–water partition coefficient (Wildman–Crippen LogP) is 2.49. The molecule has 0 saturated heterocycles. The van der Waals surface area contributed by atoms with Crippen LogP contribution >= 0.6 is 0 Å². The maximum Gasteiger partial charge on any atom is 0.234 e. The Balaban J connectivity index is 1.71. The molecule has 0 radical (unpaired) electrons. The van der Waals surface area contributed by atoms with Gasteiger partial charge in [0.15, 0.2) is 11.6 Å². The van der Waals surface area contributed by atoms with Gasteiger partial charge in [-0.3, -0.25) is 4.40 Å². The average molecular weight is 338 g/mol. The van der Waals surface area contributed by atoms with Gasteiger partial charge in [-0.1, -0.05) is 12.1 Å². The molecule has 0 unspecified atom stereocenters. The molecule has 25 heavy (non-hydrogen) atoms. The Morgan fingerprint density at radius 1 is 1.12 bits per heavy atom. The zero-order valence-electron chi connectivity index (χ0n) is 13.7. The molecule has 0 fully saturated rings. The maximum absolute atomic E-state index is 13.3. The van der Waals surface area contributed by atoms with Crippen LogP contribution in [-0.2, 0) is 6.54 Å². The van der Waals surface area contributed by atoms with Crippen LogP contribution in [-0.4, -0.2) is 36.2 Å². The number of methoxy groups -OCH3 is 1. The number of imidazole rings is 1. The van der Waals surface area contributed by atoms with Crippen molar-refractivity contribution in [2.75, 3.05) is 7.11 Å². The lowest BCUT2D eigenvalue weighted by Gasteiger charge is -2.05. The molecular formula is C17H15FN6O. The highest BCUT2D eigenvalue weighted by molar-refractivity contribution is 5.53. The Kier molecular flexibility index (Phi) is 3.64. The summed E-state index contributed by atoms with van der Waals surface area (Å²) in [5.74, 6) is 2.03. The fraction of sp³-hybridized carbons (Fsp3) is 0.176. The second-order valence-corrected chi connectivity index (χ2v) is 5.59. The first kappa shape index (κ1) is 15.3. The third-order valence-corrected chi connectivity index (χ3v) is 3.78. The molecule has 4 aromatic rings. The second-order valence-electron chi connectivity index (χ2n) is 5.59. The molecule has 0 aliphatic carbocycles. The van der Waals surface area contributed by atoms with Gasteiger partial charge in [0.05, 0.1) is 19.9 Å². The predicted molar refractivity (Wildman–Crippen MR) is 88.8 cm³/mol. The van der Waals surface area contributed by atoms with Gasteiger partial charge in [0.1, 0.15) is 17.3 Å². The van der Waals surface area contributed by atoms with Crippen molar-refractivity contribution < 1.29 is 9.13 Å². The van der Waals surface area contributed by atoms with Crippen LogP contribution in [0.4, 0.5) is 4.39 Å². The molecule has 0 aliphatic rings. The number of aromatic nitrogens is 6. The molecule has 7 nitrogen and oxygen atoms in total. The fourth-order valence-corrected chi connectivity index (χ4v) is 2.63. The van der Waals surface area contributed by atoms with Crippen LogP contribution < -0.4 is 4.74 Å². The van der Waals surface area contributed by atoms with Gasteiger partial charge < -0.3 is 4.74 Å². The highest BCUT2D eigenvalue weighted by atomic mass is 19.1. The summed E-state index contributed by atoms with van der Waals surface area (Å²) in [4.78, 5) is 12.8. The zero-order chi connectivity index (χ0) is 17.4. The van der Waals surface area contributed by atoms with Crippen LogP contribution in [0.2, 0.25) is 0 Å². The minimum atomic E-state index is -0.424. The largest absolute Gasteiger partial charge is 0.497 e. The number of fused-ring (bicyclic) bond motifs is 1. The van der Waals surface area contributed by atoms with Crippen LogP contribution in [0.3, 0.4) is 0 Å². The quantitative estimate of drug-likeness (QED) is 0.572. The number of rotatable bonds is 4. The van der Waals surface area contributed by atoms with E-state index in [9.17, 15) is 4.39 Å². The number of aryl methyl sites for hydroxylation is 1. The van der Waals surface area contributed by atoms with E-state index in [1.54, 1.807) is 18.0 Å². The Morgan fingerprint density at radius 2 is 1.92 bits per heavy atom. The zero-order valence-corrected chi connectivity index (χ0v) is 13.7. The molecule has 3 aromatic heterocycles. The van der Waals surface area contributed by atoms with Gasteiger partial charge >= 0.3 is 0 Å². The number of halogens is 1. The molecule has 1 aromatic carbocycles. The first-order valence-corrected chi connectivity index (χ1v) is 7.67. The van der Waals surface area contributed by atoms with Crippen molar-refractivity contribution in [2.45, 2.75) is 13.5 Å². The van der Waals surface area contributed by atoms with E-state index < -0.39 is 5.82 Å². The number of hydrogen-bond acceptors (Lipinski definition) is 5. The monoisotopic (exact) mass is 338 g/mol. The third kappa shape index (κ3) is 2.93. The molecule has 0 N–H and O–H groups in total. The van der Waals surface area contributed by atoms with Gasteiger partial charge in [0.25, 0.3) is 0 Å². The normalized spacial score (nSPS) is 11.2. The molecule has 0 spiro atoms. The Hall–Kier alpha value is -3.29. The lowest BCUT2D eigenvalue weighted by Crippen LogP contribution is -2.04. The number of hydrogen-bond donors (Lipinski definition) is 0. The molecule has 3 heterocycles. The topological polar surface area (TPSA) is 70.1 Å². The van der Waals surface area contributed by atoms with E-state index in [0.717, 1.165) is 17.5 Å². The molecule has 0 bridgehead atoms. The average Bonchev–Trinajstić information content (AvgIpc) is 3.18. The minimum Gasteiger partial charge on any atom is -0.497 e. The molecule has 8 heteroatoms. The fourth-order valence-electron chi connectivity index (χ4n) is 2.63. The van der Waals surface area contributed by atoms with Gasteiger partial charge in [0.2, 0.25) is 5.78 Å². The van der Waals surface area contributed by atoms with Gasteiger partial charge in [-0.2, -0.15) is 5.10 Å². The lowest BCUT2D eigenvalue weighted by molar-refractivity contribution is 0.414. The van der Waals surface area contributed by atoms with E-state index in [0.29, 0.717) is 29.7 Å². The van der Waals surface area contributed by atoms with Crippen molar-refractivity contribution in [1.82, 2.24) is 29.1 Å². The summed E-state index contributed by atoms with van der Waals surface area (Å²) >= 11 is 0. The summed E-state index contributed by atoms with van der Waals surface area (Å²) in [6.45, 7) is 2.36. The van der Waals surface area contributed by atoms with Gasteiger partial charge in [-0.15, -0.1) is 0 Å². The highest BCUT2D eigenvalue weighted by Gasteiger charge is 2.15. The summed E-state index contributed by atoms with van der Waals surface area (Å²) in [6.07, 6.45) is 4.16. The maximum atomic E-state index is 13.3. The molecule has 4 rings (SSSR count). The van der Waals surface area contributed by atoms with Crippen LogP contribution in [0.1, 0.15) is 11.4 Å². The number of ether oxygens (including phenoxy) is 1. The molecule has 0 atom stereocenters. The molecule has 126 valence electrons. The summed E-state index contributed by atoms with van der Waals surface area (Å²) < 4.78 is 21.8. The van der Waals surface area contributed by atoms with Crippen LogP contribution in [0, 0.1) is 12.7 Å². The summed E-state index contributed by atoms with van der Waals surface area (Å²) in [5.41, 5.74) is 1.65. The summed E-state index contributed by atoms with van der Waals surface area (Å²) in [5, 5.41) is 4.44. The SMILES string of the molecule is COc1ccc(Cn2nc(C)nc2-c2cn3cc(F)cnc3n2)cc1. The smallest absolute Gasteiger partial charge is 0.234 e. The van der Waals surface area contributed by atoms with Crippen molar-refractivity contribution in [3.05, 3.63) is 60.1 Å². The van der Waals surface area contributed by atoms with Gasteiger partial charge in [-0.05, 0) is 24.6 Å². The lowest BCUT2D eigenvalue weighted by atomic mass is 10.2. The van der Waals surface area contributed by atoms with Crippen molar-refractivity contribution in [1.29, 1.82) is 0 Å². The summed E-state index contributed by atoms with van der Waals surface area (Å²) in [6, 6.07) is 7.74. The second kappa shape index (κ2) is 5.97. The standard InChI is InChI=1S/C17H15FN6O/c1-11-20-16(15-10-23-9-13(18)7-19-17(23)21-15)24(22-11)8-12-3-5-14(25-2)6-4-12/h3-7,9-10H,8H2,1-2H3. The number of nitrogens with zero attached hydrogens (tertiary/aromatic N) is 6. The van der Waals surface area contributed by atoms with E-state index in [1.165, 1.54) is 10.6 Å². The Morgan fingerprint density at radius 3 is 2.68 bits per heavy atom. The minimum absolute atomic E-state index is 0.410. The third-order valence-electron chi connectivity index (χ3n) is 3.78. The van der Waals surface area contributed by atoms with E-state index in [2.05, 4.69) is 20.1 Å². The molecule has 0 amide bonds. The first-order chi connectivity index (χ1) is 12.1. The van der Waals surface area contributed by atoms with E-state index in [4.69, 9.17) is 4.74 Å². The van der Waals surface area contributed by atoms with Crippen LogP contribution in [0.15, 0.2) is 42.9 Å². The van der Waals surface area contributed by atoms with E-state index >= 15 is 0 Å². The molecule has 0 aliphatic heterocycles. The van der Waals surface area contributed by atoms with Gasteiger partial charge in [-0.25, -0.2) is 24.0 Å². The summed E-state index contributed by atoms with van der Waals surface area (Å²) in [7, 11) is 1.63. The van der Waals surface area contributed by atoms with E-state index in [1.807, 2.05) is 31.2 Å². The Bertz CT molecular complexity index is 1040. The van der Waals surface area contributed by atoms with Crippen molar-refractivity contribution in [3.63, 3.8) is 0 Å². The molecule has 0 saturated carbocycles. The van der Waals surface area contributed by atoms with Crippen molar-refractivity contribution >= 4 is 5.78 Å². The highest BCUT2D eigenvalue weighted by Crippen LogP contribution is 2.19.